The van der Waals surface area contributed by atoms with Gasteiger partial charge in [0.25, 0.3) is 5.91 Å². The van der Waals surface area contributed by atoms with Crippen LogP contribution >= 0.6 is 23.2 Å². The molecule has 20 heavy (non-hydrogen) atoms. The van der Waals surface area contributed by atoms with E-state index in [2.05, 4.69) is 0 Å². The first kappa shape index (κ1) is 15.6. The average Bonchev–Trinajstić information content (AvgIpc) is 2.48. The Morgan fingerprint density at radius 2 is 2.10 bits per heavy atom. The second-order valence-electron chi connectivity index (χ2n) is 4.96. The molecule has 0 saturated carbocycles. The Bertz CT molecular complexity index is 471. The number of rotatable bonds is 4. The number of halogens is 2. The van der Waals surface area contributed by atoms with Crippen LogP contribution in [0.1, 0.15) is 28.8 Å². The maximum Gasteiger partial charge on any atom is 0.254 e. The molecule has 110 valence electrons. The molecule has 2 rings (SSSR count). The fourth-order valence-corrected chi connectivity index (χ4v) is 2.71. The van der Waals surface area contributed by atoms with E-state index in [0.29, 0.717) is 23.1 Å². The molecule has 0 radical (unpaired) electrons. The molecule has 0 atom stereocenters. The molecule has 0 bridgehead atoms. The van der Waals surface area contributed by atoms with E-state index in [1.807, 2.05) is 24.0 Å². The summed E-state index contributed by atoms with van der Waals surface area (Å²) in [5, 5.41) is 0.635. The summed E-state index contributed by atoms with van der Waals surface area (Å²) in [7, 11) is 0. The number of piperidine rings is 1. The van der Waals surface area contributed by atoms with Gasteiger partial charge in [0.15, 0.2) is 0 Å². The molecule has 1 aromatic carbocycles. The van der Waals surface area contributed by atoms with Gasteiger partial charge in [-0.25, -0.2) is 0 Å². The maximum atomic E-state index is 12.5. The predicted octanol–water partition coefficient (Wildman–Crippen LogP) is 3.51. The minimum Gasteiger partial charge on any atom is -0.377 e. The normalized spacial score (nSPS) is 16.4. The quantitative estimate of drug-likeness (QED) is 0.796. The number of benzene rings is 1. The summed E-state index contributed by atoms with van der Waals surface area (Å²) in [5.74, 6) is 0.571. The first-order chi connectivity index (χ1) is 9.63. The van der Waals surface area contributed by atoms with Crippen molar-refractivity contribution in [1.82, 2.24) is 4.90 Å². The van der Waals surface area contributed by atoms with E-state index in [0.717, 1.165) is 31.5 Å². The summed E-state index contributed by atoms with van der Waals surface area (Å²) in [5.41, 5.74) is 1.54. The zero-order valence-corrected chi connectivity index (χ0v) is 13.1. The van der Waals surface area contributed by atoms with Crippen molar-refractivity contribution in [1.29, 1.82) is 0 Å². The molecule has 5 heteroatoms. The first-order valence-corrected chi connectivity index (χ1v) is 7.76. The number of carbonyl (C=O) groups is 1. The molecule has 0 aliphatic carbocycles. The second kappa shape index (κ2) is 7.30. The van der Waals surface area contributed by atoms with Gasteiger partial charge in [-0.15, -0.1) is 11.6 Å². The van der Waals surface area contributed by atoms with Crippen molar-refractivity contribution in [2.24, 2.45) is 0 Å². The van der Waals surface area contributed by atoms with Crippen LogP contribution in [0.15, 0.2) is 18.2 Å². The summed E-state index contributed by atoms with van der Waals surface area (Å²) in [6, 6.07) is 5.46. The highest BCUT2D eigenvalue weighted by atomic mass is 35.5. The van der Waals surface area contributed by atoms with E-state index in [1.165, 1.54) is 0 Å². The van der Waals surface area contributed by atoms with Gasteiger partial charge in [-0.2, -0.15) is 0 Å². The zero-order chi connectivity index (χ0) is 14.5. The average molecular weight is 316 g/mol. The molecule has 0 unspecified atom stereocenters. The fraction of sp³-hybridized carbons (Fsp3) is 0.533. The fourth-order valence-electron chi connectivity index (χ4n) is 2.45. The molecule has 1 saturated heterocycles. The summed E-state index contributed by atoms with van der Waals surface area (Å²) in [6.07, 6.45) is 1.95. The van der Waals surface area contributed by atoms with Gasteiger partial charge in [0, 0.05) is 29.6 Å². The van der Waals surface area contributed by atoms with Crippen LogP contribution in [0.25, 0.3) is 0 Å². The predicted molar refractivity (Wildman–Crippen MR) is 81.8 cm³/mol. The second-order valence-corrected chi connectivity index (χ2v) is 5.75. The number of ether oxygens (including phenoxy) is 1. The van der Waals surface area contributed by atoms with Crippen LogP contribution in [-0.2, 0) is 4.74 Å². The molecule has 1 fully saturated rings. The van der Waals surface area contributed by atoms with Crippen molar-refractivity contribution in [2.75, 3.05) is 25.6 Å². The summed E-state index contributed by atoms with van der Waals surface area (Å²) in [6.45, 7) is 3.90. The van der Waals surface area contributed by atoms with E-state index in [1.54, 1.807) is 6.07 Å². The van der Waals surface area contributed by atoms with Crippen LogP contribution in [-0.4, -0.2) is 42.5 Å². The molecule has 1 aromatic rings. The van der Waals surface area contributed by atoms with Gasteiger partial charge in [-0.1, -0.05) is 17.7 Å². The largest absolute Gasteiger partial charge is 0.377 e. The Kier molecular flexibility index (Phi) is 5.70. The lowest BCUT2D eigenvalue weighted by molar-refractivity contribution is 0.0154. The molecule has 1 aliphatic heterocycles. The Labute approximate surface area is 129 Å². The minimum atomic E-state index is 0.0563. The number of carbonyl (C=O) groups excluding carboxylic acids is 1. The summed E-state index contributed by atoms with van der Waals surface area (Å²) >= 11 is 11.7. The SMILES string of the molecule is Cc1c(Cl)cccc1C(=O)N1CCC(OCCCl)CC1. The molecule has 0 spiro atoms. The van der Waals surface area contributed by atoms with Crippen LogP contribution < -0.4 is 0 Å². The van der Waals surface area contributed by atoms with Crippen LogP contribution in [0.2, 0.25) is 5.02 Å². The highest BCUT2D eigenvalue weighted by Gasteiger charge is 2.25. The molecule has 1 heterocycles. The smallest absolute Gasteiger partial charge is 0.254 e. The Morgan fingerprint density at radius 3 is 2.75 bits per heavy atom. The number of likely N-dealkylation sites (tertiary alicyclic amines) is 1. The van der Waals surface area contributed by atoms with E-state index in [9.17, 15) is 4.79 Å². The lowest BCUT2D eigenvalue weighted by Gasteiger charge is -2.32. The van der Waals surface area contributed by atoms with E-state index < -0.39 is 0 Å². The number of hydrogen-bond acceptors (Lipinski definition) is 2. The maximum absolute atomic E-state index is 12.5. The van der Waals surface area contributed by atoms with Crippen molar-refractivity contribution >= 4 is 29.1 Å². The third kappa shape index (κ3) is 3.66. The van der Waals surface area contributed by atoms with E-state index >= 15 is 0 Å². The Morgan fingerprint density at radius 1 is 1.40 bits per heavy atom. The van der Waals surface area contributed by atoms with Gasteiger partial charge < -0.3 is 9.64 Å². The van der Waals surface area contributed by atoms with Gasteiger partial charge in [0.2, 0.25) is 0 Å². The lowest BCUT2D eigenvalue weighted by atomic mass is 10.0. The molecule has 0 aromatic heterocycles. The summed E-state index contributed by atoms with van der Waals surface area (Å²) in [4.78, 5) is 14.4. The van der Waals surface area contributed by atoms with Gasteiger partial charge in [-0.05, 0) is 37.5 Å². The van der Waals surface area contributed by atoms with E-state index in [4.69, 9.17) is 27.9 Å². The molecule has 1 amide bonds. The van der Waals surface area contributed by atoms with Crippen molar-refractivity contribution in [3.63, 3.8) is 0 Å². The lowest BCUT2D eigenvalue weighted by Crippen LogP contribution is -2.41. The van der Waals surface area contributed by atoms with Gasteiger partial charge >= 0.3 is 0 Å². The van der Waals surface area contributed by atoms with Crippen LogP contribution in [0, 0.1) is 6.92 Å². The van der Waals surface area contributed by atoms with Gasteiger partial charge in [0.1, 0.15) is 0 Å². The molecule has 3 nitrogen and oxygen atoms in total. The number of hydrogen-bond donors (Lipinski definition) is 0. The van der Waals surface area contributed by atoms with Crippen molar-refractivity contribution in [2.45, 2.75) is 25.9 Å². The van der Waals surface area contributed by atoms with E-state index in [-0.39, 0.29) is 12.0 Å². The monoisotopic (exact) mass is 315 g/mol. The molecule has 1 aliphatic rings. The third-order valence-corrected chi connectivity index (χ3v) is 4.22. The molecular formula is C15H19Cl2NO2. The van der Waals surface area contributed by atoms with Crippen molar-refractivity contribution < 1.29 is 9.53 Å². The number of amides is 1. The Hall–Kier alpha value is -0.770. The third-order valence-electron chi connectivity index (χ3n) is 3.66. The van der Waals surface area contributed by atoms with Crippen molar-refractivity contribution in [3.05, 3.63) is 34.3 Å². The van der Waals surface area contributed by atoms with Crippen LogP contribution in [0.4, 0.5) is 0 Å². The highest BCUT2D eigenvalue weighted by molar-refractivity contribution is 6.31. The van der Waals surface area contributed by atoms with Crippen LogP contribution in [0.5, 0.6) is 0 Å². The highest BCUT2D eigenvalue weighted by Crippen LogP contribution is 2.22. The topological polar surface area (TPSA) is 29.5 Å². The van der Waals surface area contributed by atoms with Gasteiger partial charge in [-0.3, -0.25) is 4.79 Å². The standard InChI is InChI=1S/C15H19Cl2NO2/c1-11-13(3-2-4-14(11)17)15(19)18-8-5-12(6-9-18)20-10-7-16/h2-4,12H,5-10H2,1H3. The first-order valence-electron chi connectivity index (χ1n) is 6.85. The number of nitrogens with zero attached hydrogens (tertiary/aromatic N) is 1. The zero-order valence-electron chi connectivity index (χ0n) is 11.6. The number of alkyl halides is 1. The molecule has 0 N–H and O–H groups in total. The van der Waals surface area contributed by atoms with Crippen molar-refractivity contribution in [3.8, 4) is 0 Å². The minimum absolute atomic E-state index is 0.0563. The molecular weight excluding hydrogens is 297 g/mol. The van der Waals surface area contributed by atoms with Gasteiger partial charge in [0.05, 0.1) is 12.7 Å². The van der Waals surface area contributed by atoms with Crippen LogP contribution in [0.3, 0.4) is 0 Å². The summed E-state index contributed by atoms with van der Waals surface area (Å²) < 4.78 is 5.62. The Balaban J connectivity index is 1.96.